The van der Waals surface area contributed by atoms with Crippen LogP contribution in [0.5, 0.6) is 0 Å². The Balaban J connectivity index is 4.49. The number of aliphatic carboxylic acids is 1. The van der Waals surface area contributed by atoms with E-state index in [9.17, 15) is 9.90 Å². The van der Waals surface area contributed by atoms with Gasteiger partial charge >= 0.3 is 5.97 Å². The van der Waals surface area contributed by atoms with Crippen LogP contribution in [0.3, 0.4) is 0 Å². The van der Waals surface area contributed by atoms with Gasteiger partial charge in [-0.1, -0.05) is 51.9 Å². The van der Waals surface area contributed by atoms with E-state index in [1.54, 1.807) is 0 Å². The summed E-state index contributed by atoms with van der Waals surface area (Å²) in [6, 6.07) is 0. The first kappa shape index (κ1) is 23.3. The average Bonchev–Trinajstić information content (AvgIpc) is 2.55. The third-order valence-corrected chi connectivity index (χ3v) is 4.80. The second kappa shape index (κ2) is 14.6. The molecule has 0 aliphatic rings. The molecule has 0 saturated heterocycles. The third kappa shape index (κ3) is 8.42. The highest BCUT2D eigenvalue weighted by molar-refractivity contribution is 5.78. The molecule has 24 heavy (non-hydrogen) atoms. The quantitative estimate of drug-likeness (QED) is 0.299. The Kier molecular flexibility index (Phi) is 14.2. The molecule has 6 heteroatoms. The summed E-state index contributed by atoms with van der Waals surface area (Å²) >= 11 is 0. The van der Waals surface area contributed by atoms with Crippen molar-refractivity contribution in [2.24, 2.45) is 17.2 Å². The van der Waals surface area contributed by atoms with Gasteiger partial charge in [-0.25, -0.2) is 0 Å². The monoisotopic (exact) mass is 344 g/mol. The highest BCUT2D eigenvalue weighted by Gasteiger charge is 2.42. The standard InChI is InChI=1S/C18H40N4O2/c1-2-3-4-5-6-7-8-9-15-22(16-14-21)18(10-12-19,11-13-20)17(23)24/h2-16,19-21H2,1H3,(H,23,24). The molecule has 0 amide bonds. The second-order valence-electron chi connectivity index (χ2n) is 6.66. The molecule has 0 radical (unpaired) electrons. The second-order valence-corrected chi connectivity index (χ2v) is 6.66. The molecule has 0 aliphatic heterocycles. The molecule has 7 N–H and O–H groups in total. The Hall–Kier alpha value is -0.690. The van der Waals surface area contributed by atoms with Crippen molar-refractivity contribution in [2.45, 2.75) is 76.7 Å². The molecular formula is C18H40N4O2. The van der Waals surface area contributed by atoms with Crippen LogP contribution in [0.4, 0.5) is 0 Å². The number of unbranched alkanes of at least 4 members (excludes halogenated alkanes) is 7. The van der Waals surface area contributed by atoms with E-state index in [-0.39, 0.29) is 0 Å². The lowest BCUT2D eigenvalue weighted by molar-refractivity contribution is -0.152. The molecule has 0 atom stereocenters. The normalized spacial score (nSPS) is 12.0. The zero-order valence-corrected chi connectivity index (χ0v) is 15.6. The Morgan fingerprint density at radius 3 is 1.75 bits per heavy atom. The van der Waals surface area contributed by atoms with Crippen LogP contribution in [-0.4, -0.2) is 54.2 Å². The highest BCUT2D eigenvalue weighted by atomic mass is 16.4. The van der Waals surface area contributed by atoms with Crippen LogP contribution in [0.25, 0.3) is 0 Å². The maximum Gasteiger partial charge on any atom is 0.324 e. The molecule has 0 heterocycles. The molecule has 0 aromatic heterocycles. The van der Waals surface area contributed by atoms with Crippen molar-refractivity contribution in [3.8, 4) is 0 Å². The van der Waals surface area contributed by atoms with Gasteiger partial charge in [-0.05, 0) is 38.9 Å². The van der Waals surface area contributed by atoms with Crippen LogP contribution in [-0.2, 0) is 4.79 Å². The Bertz CT molecular complexity index is 307. The fourth-order valence-electron chi connectivity index (χ4n) is 3.40. The molecule has 0 aromatic carbocycles. The van der Waals surface area contributed by atoms with Crippen LogP contribution < -0.4 is 17.2 Å². The first-order chi connectivity index (χ1) is 11.6. The van der Waals surface area contributed by atoms with E-state index >= 15 is 0 Å². The summed E-state index contributed by atoms with van der Waals surface area (Å²) < 4.78 is 0. The lowest BCUT2D eigenvalue weighted by Crippen LogP contribution is -2.58. The van der Waals surface area contributed by atoms with E-state index in [4.69, 9.17) is 17.2 Å². The summed E-state index contributed by atoms with van der Waals surface area (Å²) in [5.41, 5.74) is 16.1. The minimum absolute atomic E-state index is 0.338. The van der Waals surface area contributed by atoms with E-state index in [1.165, 1.54) is 38.5 Å². The van der Waals surface area contributed by atoms with Gasteiger partial charge in [0.1, 0.15) is 5.54 Å². The lowest BCUT2D eigenvalue weighted by Gasteiger charge is -2.40. The van der Waals surface area contributed by atoms with Gasteiger partial charge in [-0.2, -0.15) is 0 Å². The van der Waals surface area contributed by atoms with Crippen LogP contribution in [0.1, 0.15) is 71.1 Å². The van der Waals surface area contributed by atoms with Crippen LogP contribution in [0.2, 0.25) is 0 Å². The Morgan fingerprint density at radius 1 is 0.833 bits per heavy atom. The summed E-state index contributed by atoms with van der Waals surface area (Å²) in [5.74, 6) is -0.827. The van der Waals surface area contributed by atoms with Crippen molar-refractivity contribution >= 4 is 5.97 Å². The Labute approximate surface area is 148 Å². The van der Waals surface area contributed by atoms with Gasteiger partial charge in [0.2, 0.25) is 0 Å². The van der Waals surface area contributed by atoms with E-state index in [0.717, 1.165) is 19.4 Å². The zero-order valence-electron chi connectivity index (χ0n) is 15.6. The average molecular weight is 345 g/mol. The van der Waals surface area contributed by atoms with Crippen LogP contribution in [0.15, 0.2) is 0 Å². The summed E-state index contributed by atoms with van der Waals surface area (Å²) in [6.07, 6.45) is 10.7. The molecule has 0 aromatic rings. The van der Waals surface area contributed by atoms with Crippen LogP contribution >= 0.6 is 0 Å². The highest BCUT2D eigenvalue weighted by Crippen LogP contribution is 2.25. The molecular weight excluding hydrogens is 304 g/mol. The van der Waals surface area contributed by atoms with Gasteiger partial charge in [-0.3, -0.25) is 9.69 Å². The van der Waals surface area contributed by atoms with E-state index in [1.807, 2.05) is 4.90 Å². The van der Waals surface area contributed by atoms with Crippen LogP contribution in [0, 0.1) is 0 Å². The number of hydrogen-bond donors (Lipinski definition) is 4. The van der Waals surface area contributed by atoms with E-state index in [2.05, 4.69) is 6.92 Å². The van der Waals surface area contributed by atoms with E-state index < -0.39 is 11.5 Å². The van der Waals surface area contributed by atoms with Gasteiger partial charge in [0.25, 0.3) is 0 Å². The number of carboxylic acids is 1. The first-order valence-electron chi connectivity index (χ1n) is 9.67. The molecule has 0 bridgehead atoms. The minimum Gasteiger partial charge on any atom is -0.480 e. The van der Waals surface area contributed by atoms with E-state index in [0.29, 0.717) is 39.0 Å². The predicted octanol–water partition coefficient (Wildman–Crippen LogP) is 1.91. The SMILES string of the molecule is CCCCCCCCCCN(CCN)C(CCN)(CCN)C(=O)O. The fraction of sp³-hybridized carbons (Fsp3) is 0.944. The molecule has 144 valence electrons. The molecule has 0 aliphatic carbocycles. The predicted molar refractivity (Wildman–Crippen MR) is 101 cm³/mol. The minimum atomic E-state index is -0.968. The number of nitrogens with two attached hydrogens (primary N) is 3. The van der Waals surface area contributed by atoms with Crippen molar-refractivity contribution in [2.75, 3.05) is 32.7 Å². The number of nitrogens with zero attached hydrogens (tertiary/aromatic N) is 1. The number of hydrogen-bond acceptors (Lipinski definition) is 5. The zero-order chi connectivity index (χ0) is 18.3. The smallest absolute Gasteiger partial charge is 0.324 e. The number of carboxylic acid groups (broad SMARTS) is 1. The first-order valence-corrected chi connectivity index (χ1v) is 9.67. The number of rotatable bonds is 17. The summed E-state index contributed by atoms with van der Waals surface area (Å²) in [7, 11) is 0. The van der Waals surface area contributed by atoms with Crippen molar-refractivity contribution in [3.05, 3.63) is 0 Å². The largest absolute Gasteiger partial charge is 0.480 e. The van der Waals surface area contributed by atoms with Crippen molar-refractivity contribution in [1.29, 1.82) is 0 Å². The maximum atomic E-state index is 12.0. The van der Waals surface area contributed by atoms with Crippen molar-refractivity contribution < 1.29 is 9.90 Å². The third-order valence-electron chi connectivity index (χ3n) is 4.80. The molecule has 0 saturated carbocycles. The maximum absolute atomic E-state index is 12.0. The molecule has 0 unspecified atom stereocenters. The molecule has 6 nitrogen and oxygen atoms in total. The van der Waals surface area contributed by atoms with Gasteiger partial charge in [-0.15, -0.1) is 0 Å². The molecule has 0 fully saturated rings. The van der Waals surface area contributed by atoms with Gasteiger partial charge in [0.05, 0.1) is 0 Å². The van der Waals surface area contributed by atoms with Crippen molar-refractivity contribution in [1.82, 2.24) is 4.90 Å². The van der Waals surface area contributed by atoms with Crippen molar-refractivity contribution in [3.63, 3.8) is 0 Å². The lowest BCUT2D eigenvalue weighted by atomic mass is 9.88. The summed E-state index contributed by atoms with van der Waals surface area (Å²) in [6.45, 7) is 4.67. The Morgan fingerprint density at radius 2 is 1.33 bits per heavy atom. The topological polar surface area (TPSA) is 119 Å². The molecule has 0 rings (SSSR count). The van der Waals surface area contributed by atoms with Gasteiger partial charge < -0.3 is 22.3 Å². The number of carbonyl (C=O) groups is 1. The summed E-state index contributed by atoms with van der Waals surface area (Å²) in [4.78, 5) is 14.0. The van der Waals surface area contributed by atoms with Gasteiger partial charge in [0, 0.05) is 13.1 Å². The molecule has 0 spiro atoms. The van der Waals surface area contributed by atoms with Gasteiger partial charge in [0.15, 0.2) is 0 Å². The fourth-order valence-corrected chi connectivity index (χ4v) is 3.40. The summed E-state index contributed by atoms with van der Waals surface area (Å²) in [5, 5.41) is 9.81.